The van der Waals surface area contributed by atoms with E-state index in [2.05, 4.69) is 0 Å². The van der Waals surface area contributed by atoms with Crippen molar-refractivity contribution < 1.29 is 13.2 Å². The number of hydrogen-bond donors (Lipinski definition) is 1. The predicted octanol–water partition coefficient (Wildman–Crippen LogP) is 0.642. The predicted molar refractivity (Wildman–Crippen MR) is 49.6 cm³/mol. The zero-order chi connectivity index (χ0) is 9.90. The number of nitrogens with one attached hydrogen (secondary N) is 1. The third-order valence-electron chi connectivity index (χ3n) is 2.26. The van der Waals surface area contributed by atoms with E-state index in [0.717, 1.165) is 38.4 Å². The summed E-state index contributed by atoms with van der Waals surface area (Å²) in [4.78, 5) is 11.3. The number of amides is 1. The summed E-state index contributed by atoms with van der Waals surface area (Å²) < 4.78 is 23.5. The fourth-order valence-corrected chi connectivity index (χ4v) is 2.16. The van der Waals surface area contributed by atoms with Gasteiger partial charge in [0.25, 0.3) is 0 Å². The topological polar surface area (TPSA) is 63.2 Å². The SMILES string of the molecule is CS(=O)(=O)NC(=O)C1CCCCC1. The van der Waals surface area contributed by atoms with Gasteiger partial charge in [-0.3, -0.25) is 9.52 Å². The van der Waals surface area contributed by atoms with Gasteiger partial charge in [0.15, 0.2) is 0 Å². The lowest BCUT2D eigenvalue weighted by Gasteiger charge is -2.19. The second kappa shape index (κ2) is 4.09. The van der Waals surface area contributed by atoms with Crippen LogP contribution in [0.1, 0.15) is 32.1 Å². The Hall–Kier alpha value is -0.580. The lowest BCUT2D eigenvalue weighted by atomic mass is 9.89. The Morgan fingerprint density at radius 3 is 2.23 bits per heavy atom. The molecule has 1 aliphatic rings. The van der Waals surface area contributed by atoms with Crippen LogP contribution in [0.15, 0.2) is 0 Å². The molecule has 1 amide bonds. The molecule has 76 valence electrons. The molecule has 0 heterocycles. The quantitative estimate of drug-likeness (QED) is 0.719. The van der Waals surface area contributed by atoms with Gasteiger partial charge < -0.3 is 0 Å². The molecular formula is C8H15NO3S. The van der Waals surface area contributed by atoms with Gasteiger partial charge in [-0.25, -0.2) is 8.42 Å². The fourth-order valence-electron chi connectivity index (χ4n) is 1.63. The van der Waals surface area contributed by atoms with Crippen LogP contribution in [0.4, 0.5) is 0 Å². The smallest absolute Gasteiger partial charge is 0.236 e. The maximum Gasteiger partial charge on any atom is 0.236 e. The lowest BCUT2D eigenvalue weighted by molar-refractivity contribution is -0.124. The summed E-state index contributed by atoms with van der Waals surface area (Å²) in [7, 11) is -3.37. The van der Waals surface area contributed by atoms with Gasteiger partial charge in [-0.15, -0.1) is 0 Å². The van der Waals surface area contributed by atoms with Crippen LogP contribution >= 0.6 is 0 Å². The minimum absolute atomic E-state index is 0.0940. The first-order chi connectivity index (χ1) is 5.99. The van der Waals surface area contributed by atoms with Gasteiger partial charge in [0.05, 0.1) is 6.26 Å². The highest BCUT2D eigenvalue weighted by molar-refractivity contribution is 7.89. The van der Waals surface area contributed by atoms with Crippen molar-refractivity contribution in [3.8, 4) is 0 Å². The first-order valence-corrected chi connectivity index (χ1v) is 6.40. The van der Waals surface area contributed by atoms with Crippen molar-refractivity contribution >= 4 is 15.9 Å². The molecule has 0 aliphatic heterocycles. The number of rotatable bonds is 2. The molecule has 0 bridgehead atoms. The van der Waals surface area contributed by atoms with Gasteiger partial charge in [0.1, 0.15) is 0 Å². The minimum Gasteiger partial charge on any atom is -0.274 e. The summed E-state index contributed by atoms with van der Waals surface area (Å²) in [6.45, 7) is 0. The molecule has 0 saturated heterocycles. The van der Waals surface area contributed by atoms with Crippen LogP contribution in [0.25, 0.3) is 0 Å². The van der Waals surface area contributed by atoms with E-state index in [0.29, 0.717) is 0 Å². The summed E-state index contributed by atoms with van der Waals surface area (Å²) in [6, 6.07) is 0. The molecule has 1 N–H and O–H groups in total. The average molecular weight is 205 g/mol. The van der Waals surface area contributed by atoms with E-state index in [9.17, 15) is 13.2 Å². The van der Waals surface area contributed by atoms with Gasteiger partial charge in [-0.05, 0) is 12.8 Å². The van der Waals surface area contributed by atoms with Gasteiger partial charge >= 0.3 is 0 Å². The Morgan fingerprint density at radius 1 is 1.23 bits per heavy atom. The van der Waals surface area contributed by atoms with Crippen molar-refractivity contribution in [3.63, 3.8) is 0 Å². The van der Waals surface area contributed by atoms with Crippen LogP contribution in [0, 0.1) is 5.92 Å². The Labute approximate surface area is 78.8 Å². The molecule has 0 unspecified atom stereocenters. The molecule has 0 aromatic rings. The zero-order valence-corrected chi connectivity index (χ0v) is 8.56. The average Bonchev–Trinajstić information content (AvgIpc) is 2.03. The van der Waals surface area contributed by atoms with Crippen LogP contribution in [-0.2, 0) is 14.8 Å². The van der Waals surface area contributed by atoms with Crippen LogP contribution in [0.2, 0.25) is 0 Å². The molecule has 5 heteroatoms. The van der Waals surface area contributed by atoms with E-state index in [1.165, 1.54) is 0 Å². The van der Waals surface area contributed by atoms with Crippen LogP contribution in [-0.4, -0.2) is 20.6 Å². The Balaban J connectivity index is 2.47. The fraction of sp³-hybridized carbons (Fsp3) is 0.875. The van der Waals surface area contributed by atoms with Crippen LogP contribution in [0.5, 0.6) is 0 Å². The van der Waals surface area contributed by atoms with E-state index >= 15 is 0 Å². The number of carbonyl (C=O) groups is 1. The molecule has 1 aliphatic carbocycles. The van der Waals surface area contributed by atoms with E-state index < -0.39 is 10.0 Å². The van der Waals surface area contributed by atoms with E-state index in [1.807, 2.05) is 4.72 Å². The Morgan fingerprint density at radius 2 is 1.77 bits per heavy atom. The van der Waals surface area contributed by atoms with Crippen LogP contribution in [0.3, 0.4) is 0 Å². The molecule has 4 nitrogen and oxygen atoms in total. The molecule has 0 aromatic carbocycles. The second-order valence-corrected chi connectivity index (χ2v) is 5.32. The van der Waals surface area contributed by atoms with Crippen molar-refractivity contribution in [2.24, 2.45) is 5.92 Å². The number of carbonyl (C=O) groups excluding carboxylic acids is 1. The van der Waals surface area contributed by atoms with Crippen molar-refractivity contribution in [1.82, 2.24) is 4.72 Å². The van der Waals surface area contributed by atoms with E-state index in [-0.39, 0.29) is 11.8 Å². The maximum absolute atomic E-state index is 11.3. The van der Waals surface area contributed by atoms with Gasteiger partial charge in [-0.2, -0.15) is 0 Å². The summed E-state index contributed by atoms with van der Waals surface area (Å²) >= 11 is 0. The Bertz CT molecular complexity index is 278. The summed E-state index contributed by atoms with van der Waals surface area (Å²) in [5.41, 5.74) is 0. The second-order valence-electron chi connectivity index (χ2n) is 3.57. The number of hydrogen-bond acceptors (Lipinski definition) is 3. The molecule has 1 saturated carbocycles. The Kier molecular flexibility index (Phi) is 3.30. The molecule has 0 aromatic heterocycles. The summed E-state index contributed by atoms with van der Waals surface area (Å²) in [6.07, 6.45) is 5.86. The largest absolute Gasteiger partial charge is 0.274 e. The highest BCUT2D eigenvalue weighted by Crippen LogP contribution is 2.23. The molecule has 0 spiro atoms. The van der Waals surface area contributed by atoms with Gasteiger partial charge in [0.2, 0.25) is 15.9 Å². The van der Waals surface area contributed by atoms with Crippen molar-refractivity contribution in [1.29, 1.82) is 0 Å². The third kappa shape index (κ3) is 3.76. The van der Waals surface area contributed by atoms with Crippen molar-refractivity contribution in [3.05, 3.63) is 0 Å². The molecule has 1 rings (SSSR count). The minimum atomic E-state index is -3.37. The highest BCUT2D eigenvalue weighted by atomic mass is 32.2. The third-order valence-corrected chi connectivity index (χ3v) is 2.83. The molecule has 0 atom stereocenters. The normalized spacial score (nSPS) is 19.8. The lowest BCUT2D eigenvalue weighted by Crippen LogP contribution is -2.35. The monoisotopic (exact) mass is 205 g/mol. The van der Waals surface area contributed by atoms with Gasteiger partial charge in [0, 0.05) is 5.92 Å². The summed E-state index contributed by atoms with van der Waals surface area (Å²) in [5, 5.41) is 0. The highest BCUT2D eigenvalue weighted by Gasteiger charge is 2.22. The number of sulfonamides is 1. The summed E-state index contributed by atoms with van der Waals surface area (Å²) in [5.74, 6) is -0.425. The first kappa shape index (κ1) is 10.5. The molecular weight excluding hydrogens is 190 g/mol. The molecule has 0 radical (unpaired) electrons. The van der Waals surface area contributed by atoms with Crippen LogP contribution < -0.4 is 4.72 Å². The molecule has 13 heavy (non-hydrogen) atoms. The van der Waals surface area contributed by atoms with E-state index in [1.54, 1.807) is 0 Å². The van der Waals surface area contributed by atoms with Gasteiger partial charge in [-0.1, -0.05) is 19.3 Å². The molecule has 1 fully saturated rings. The maximum atomic E-state index is 11.3. The van der Waals surface area contributed by atoms with E-state index in [4.69, 9.17) is 0 Å². The van der Waals surface area contributed by atoms with Crippen molar-refractivity contribution in [2.45, 2.75) is 32.1 Å². The standard InChI is InChI=1S/C8H15NO3S/c1-13(11,12)9-8(10)7-5-3-2-4-6-7/h7H,2-6H2,1H3,(H,9,10). The first-order valence-electron chi connectivity index (χ1n) is 4.51. The zero-order valence-electron chi connectivity index (χ0n) is 7.75. The van der Waals surface area contributed by atoms with Crippen molar-refractivity contribution in [2.75, 3.05) is 6.26 Å².